The van der Waals surface area contributed by atoms with Crippen LogP contribution in [0.15, 0.2) is 30.3 Å². The average Bonchev–Trinajstić information content (AvgIpc) is 2.51. The summed E-state index contributed by atoms with van der Waals surface area (Å²) in [7, 11) is 0. The van der Waals surface area contributed by atoms with E-state index in [9.17, 15) is 44.3 Å². The maximum absolute atomic E-state index is 13.3. The van der Waals surface area contributed by atoms with Gasteiger partial charge >= 0.3 is 29.9 Å². The molecule has 0 heterocycles. The highest BCUT2D eigenvalue weighted by Gasteiger charge is 2.81. The molecular weight excluding hydrogens is 387 g/mol. The van der Waals surface area contributed by atoms with Crippen LogP contribution >= 0.6 is 0 Å². The SMILES string of the molecule is O=C(OCc1ccccc1)C(O)CC(F)(F)C(F)(F)C(F)(F)C(F)(F)F. The molecule has 12 heteroatoms. The van der Waals surface area contributed by atoms with Crippen molar-refractivity contribution in [1.29, 1.82) is 0 Å². The maximum Gasteiger partial charge on any atom is 0.460 e. The second kappa shape index (κ2) is 7.33. The number of alkyl halides is 9. The molecular formula is C14H11F9O3. The molecule has 26 heavy (non-hydrogen) atoms. The summed E-state index contributed by atoms with van der Waals surface area (Å²) in [6.07, 6.45) is -12.7. The van der Waals surface area contributed by atoms with Crippen LogP contribution < -0.4 is 0 Å². The van der Waals surface area contributed by atoms with Gasteiger partial charge in [-0.1, -0.05) is 30.3 Å². The van der Waals surface area contributed by atoms with Gasteiger partial charge in [-0.2, -0.15) is 39.5 Å². The quantitative estimate of drug-likeness (QED) is 0.559. The first kappa shape index (κ1) is 22.1. The number of esters is 1. The van der Waals surface area contributed by atoms with E-state index in [-0.39, 0.29) is 0 Å². The van der Waals surface area contributed by atoms with E-state index < -0.39 is 49.0 Å². The molecule has 0 aromatic heterocycles. The van der Waals surface area contributed by atoms with Crippen LogP contribution in [0.25, 0.3) is 0 Å². The fourth-order valence-electron chi connectivity index (χ4n) is 1.69. The first-order valence-corrected chi connectivity index (χ1v) is 6.72. The molecule has 0 bridgehead atoms. The molecule has 0 aliphatic rings. The molecule has 1 unspecified atom stereocenters. The summed E-state index contributed by atoms with van der Waals surface area (Å²) < 4.78 is 118. The molecule has 1 rings (SSSR count). The van der Waals surface area contributed by atoms with Crippen LogP contribution in [0.1, 0.15) is 12.0 Å². The molecule has 1 atom stereocenters. The Balaban J connectivity index is 2.82. The third kappa shape index (κ3) is 4.40. The van der Waals surface area contributed by atoms with Gasteiger partial charge in [0.05, 0.1) is 6.42 Å². The Morgan fingerprint density at radius 2 is 1.42 bits per heavy atom. The Hall–Kier alpha value is -1.98. The van der Waals surface area contributed by atoms with E-state index in [0.717, 1.165) is 0 Å². The monoisotopic (exact) mass is 398 g/mol. The fraction of sp³-hybridized carbons (Fsp3) is 0.500. The van der Waals surface area contributed by atoms with Crippen molar-refractivity contribution in [3.05, 3.63) is 35.9 Å². The molecule has 0 saturated heterocycles. The van der Waals surface area contributed by atoms with Crippen LogP contribution in [0.5, 0.6) is 0 Å². The van der Waals surface area contributed by atoms with Crippen LogP contribution in [-0.2, 0) is 16.1 Å². The summed E-state index contributed by atoms with van der Waals surface area (Å²) in [5, 5.41) is 9.15. The van der Waals surface area contributed by atoms with Gasteiger partial charge in [0.25, 0.3) is 0 Å². The summed E-state index contributed by atoms with van der Waals surface area (Å²) in [6, 6.07) is 7.38. The Morgan fingerprint density at radius 3 is 1.88 bits per heavy atom. The summed E-state index contributed by atoms with van der Waals surface area (Å²) in [4.78, 5) is 11.3. The number of carbonyl (C=O) groups is 1. The molecule has 0 amide bonds. The van der Waals surface area contributed by atoms with Crippen molar-refractivity contribution < 1.29 is 54.2 Å². The van der Waals surface area contributed by atoms with Gasteiger partial charge in [0, 0.05) is 0 Å². The minimum atomic E-state index is -7.09. The number of benzene rings is 1. The summed E-state index contributed by atoms with van der Waals surface area (Å²) >= 11 is 0. The van der Waals surface area contributed by atoms with Crippen LogP contribution in [0.4, 0.5) is 39.5 Å². The molecule has 0 spiro atoms. The number of aliphatic hydroxyl groups is 1. The largest absolute Gasteiger partial charge is 0.460 e. The van der Waals surface area contributed by atoms with Crippen molar-refractivity contribution in [2.24, 2.45) is 0 Å². The number of halogens is 9. The summed E-state index contributed by atoms with van der Waals surface area (Å²) in [6.45, 7) is -0.572. The van der Waals surface area contributed by atoms with Gasteiger partial charge in [-0.05, 0) is 5.56 Å². The molecule has 0 aliphatic carbocycles. The lowest BCUT2D eigenvalue weighted by molar-refractivity contribution is -0.398. The Morgan fingerprint density at radius 1 is 0.923 bits per heavy atom. The maximum atomic E-state index is 13.3. The number of hydrogen-bond acceptors (Lipinski definition) is 3. The summed E-state index contributed by atoms with van der Waals surface area (Å²) in [5.41, 5.74) is 0.314. The topological polar surface area (TPSA) is 46.5 Å². The van der Waals surface area contributed by atoms with Crippen LogP contribution in [0, 0.1) is 0 Å². The fourth-order valence-corrected chi connectivity index (χ4v) is 1.69. The standard InChI is InChI=1S/C14H11F9O3/c15-11(16,12(17,18)13(19,20)14(21,22)23)6-9(24)10(25)26-7-8-4-2-1-3-5-8/h1-5,9,24H,6-7H2. The molecule has 1 aromatic carbocycles. The van der Waals surface area contributed by atoms with Crippen molar-refractivity contribution in [2.75, 3.05) is 0 Å². The van der Waals surface area contributed by atoms with Gasteiger partial charge in [-0.15, -0.1) is 0 Å². The zero-order valence-electron chi connectivity index (χ0n) is 12.5. The van der Waals surface area contributed by atoms with Crippen LogP contribution in [-0.4, -0.2) is 41.1 Å². The van der Waals surface area contributed by atoms with Gasteiger partial charge in [0.2, 0.25) is 0 Å². The third-order valence-corrected chi connectivity index (χ3v) is 3.16. The summed E-state index contributed by atoms with van der Waals surface area (Å²) in [5.74, 6) is -21.9. The van der Waals surface area contributed by atoms with Crippen molar-refractivity contribution in [3.63, 3.8) is 0 Å². The first-order valence-electron chi connectivity index (χ1n) is 6.72. The van der Waals surface area contributed by atoms with Gasteiger partial charge in [-0.25, -0.2) is 4.79 Å². The van der Waals surface area contributed by atoms with Crippen molar-refractivity contribution in [1.82, 2.24) is 0 Å². The molecule has 3 nitrogen and oxygen atoms in total. The molecule has 0 fully saturated rings. The Labute approximate surface area is 140 Å². The normalized spacial score (nSPS) is 14.8. The van der Waals surface area contributed by atoms with E-state index in [2.05, 4.69) is 4.74 Å². The Kier molecular flexibility index (Phi) is 6.22. The van der Waals surface area contributed by atoms with Crippen molar-refractivity contribution in [2.45, 2.75) is 43.1 Å². The van der Waals surface area contributed by atoms with Gasteiger partial charge < -0.3 is 9.84 Å². The van der Waals surface area contributed by atoms with E-state index in [1.54, 1.807) is 6.07 Å². The number of carbonyl (C=O) groups excluding carboxylic acids is 1. The minimum absolute atomic E-state index is 0.314. The highest BCUT2D eigenvalue weighted by atomic mass is 19.4. The smallest absolute Gasteiger partial charge is 0.459 e. The lowest BCUT2D eigenvalue weighted by Crippen LogP contribution is -2.61. The van der Waals surface area contributed by atoms with Gasteiger partial charge in [-0.3, -0.25) is 0 Å². The zero-order chi connectivity index (χ0) is 20.4. The highest BCUT2D eigenvalue weighted by Crippen LogP contribution is 2.54. The number of rotatable bonds is 7. The molecule has 1 aromatic rings. The van der Waals surface area contributed by atoms with E-state index >= 15 is 0 Å². The van der Waals surface area contributed by atoms with Crippen LogP contribution in [0.3, 0.4) is 0 Å². The Bertz CT molecular complexity index is 614. The second-order valence-corrected chi connectivity index (χ2v) is 5.16. The molecule has 0 saturated carbocycles. The minimum Gasteiger partial charge on any atom is -0.459 e. The lowest BCUT2D eigenvalue weighted by atomic mass is 9.98. The number of aliphatic hydroxyl groups excluding tert-OH is 1. The predicted octanol–water partition coefficient (Wildman–Crippen LogP) is 3.95. The van der Waals surface area contributed by atoms with Crippen molar-refractivity contribution in [3.8, 4) is 0 Å². The zero-order valence-corrected chi connectivity index (χ0v) is 12.5. The second-order valence-electron chi connectivity index (χ2n) is 5.16. The number of hydrogen-bond donors (Lipinski definition) is 1. The average molecular weight is 398 g/mol. The van der Waals surface area contributed by atoms with Crippen LogP contribution in [0.2, 0.25) is 0 Å². The molecule has 0 aliphatic heterocycles. The van der Waals surface area contributed by atoms with Gasteiger partial charge in [0.15, 0.2) is 6.10 Å². The molecule has 1 N–H and O–H groups in total. The van der Waals surface area contributed by atoms with Gasteiger partial charge in [0.1, 0.15) is 6.61 Å². The molecule has 148 valence electrons. The first-order chi connectivity index (χ1) is 11.6. The lowest BCUT2D eigenvalue weighted by Gasteiger charge is -2.34. The van der Waals surface area contributed by atoms with E-state index in [1.807, 2.05) is 0 Å². The predicted molar refractivity (Wildman–Crippen MR) is 67.8 cm³/mol. The van der Waals surface area contributed by atoms with E-state index in [4.69, 9.17) is 5.11 Å². The third-order valence-electron chi connectivity index (χ3n) is 3.16. The molecule has 0 radical (unpaired) electrons. The van der Waals surface area contributed by atoms with E-state index in [1.165, 1.54) is 24.3 Å². The highest BCUT2D eigenvalue weighted by molar-refractivity contribution is 5.74. The van der Waals surface area contributed by atoms with Crippen molar-refractivity contribution >= 4 is 5.97 Å². The van der Waals surface area contributed by atoms with E-state index in [0.29, 0.717) is 5.56 Å². The number of ether oxygens (including phenoxy) is 1.